The molecule has 0 heterocycles. The van der Waals surface area contributed by atoms with Gasteiger partial charge in [-0.05, 0) is 12.8 Å². The largest absolute Gasteiger partial charge is 0.127 e. The predicted molar refractivity (Wildman–Crippen MR) is 76.2 cm³/mol. The summed E-state index contributed by atoms with van der Waals surface area (Å²) in [7, 11) is -0.889. The van der Waals surface area contributed by atoms with E-state index in [4.69, 9.17) is 23.2 Å². The number of hydrogen-bond donors (Lipinski definition) is 0. The van der Waals surface area contributed by atoms with Crippen molar-refractivity contribution in [3.63, 3.8) is 0 Å². The molecule has 0 unspecified atom stereocenters. The predicted octanol–water partition coefficient (Wildman–Crippen LogP) is 5.51. The molecule has 0 fully saturated rings. The van der Waals surface area contributed by atoms with Gasteiger partial charge in [-0.2, -0.15) is 0 Å². The van der Waals surface area contributed by atoms with E-state index in [1.165, 1.54) is 50.6 Å². The van der Waals surface area contributed by atoms with Crippen LogP contribution in [0, 0.1) is 0 Å². The molecule has 0 amide bonds. The molecule has 0 rings (SSSR count). The topological polar surface area (TPSA) is 0 Å². The van der Waals surface area contributed by atoms with Crippen molar-refractivity contribution >= 4 is 31.3 Å². The van der Waals surface area contributed by atoms with Crippen LogP contribution in [-0.4, -0.2) is 19.8 Å². The van der Waals surface area contributed by atoms with E-state index in [2.05, 4.69) is 13.1 Å². The Morgan fingerprint density at radius 3 is 1.40 bits per heavy atom. The summed E-state index contributed by atoms with van der Waals surface area (Å²) in [6.45, 7) is 5.04. The maximum absolute atomic E-state index is 5.67. The Balaban J connectivity index is 3.40. The van der Waals surface area contributed by atoms with Crippen LogP contribution < -0.4 is 0 Å². The maximum atomic E-state index is 5.67. The third kappa shape index (κ3) is 11.1. The van der Waals surface area contributed by atoms with Crippen LogP contribution in [0.1, 0.15) is 38.5 Å². The van der Waals surface area contributed by atoms with Gasteiger partial charge in [0.1, 0.15) is 0 Å². The van der Waals surface area contributed by atoms with Crippen molar-refractivity contribution in [2.24, 2.45) is 0 Å². The van der Waals surface area contributed by atoms with Gasteiger partial charge in [0.25, 0.3) is 0 Å². The fourth-order valence-electron chi connectivity index (χ4n) is 1.87. The average Bonchev–Trinajstić information content (AvgIpc) is 2.20. The van der Waals surface area contributed by atoms with Crippen molar-refractivity contribution in [1.82, 2.24) is 0 Å². The van der Waals surface area contributed by atoms with Crippen LogP contribution in [0.15, 0.2) is 0 Å². The highest BCUT2D eigenvalue weighted by Gasteiger charge is 2.18. The highest BCUT2D eigenvalue weighted by molar-refractivity contribution is 6.77. The zero-order valence-corrected chi connectivity index (χ0v) is 12.8. The van der Waals surface area contributed by atoms with E-state index in [0.717, 1.165) is 11.8 Å². The molecule has 92 valence electrons. The van der Waals surface area contributed by atoms with E-state index < -0.39 is 8.07 Å². The summed E-state index contributed by atoms with van der Waals surface area (Å²) in [6, 6.07) is 2.95. The lowest BCUT2D eigenvalue weighted by Crippen LogP contribution is -2.24. The molecule has 3 heteroatoms. The van der Waals surface area contributed by atoms with Gasteiger partial charge in [0.2, 0.25) is 0 Å². The molecule has 0 saturated heterocycles. The Kier molecular flexibility index (Phi) is 10.5. The lowest BCUT2D eigenvalue weighted by Gasteiger charge is -2.22. The molecule has 0 spiro atoms. The van der Waals surface area contributed by atoms with Crippen molar-refractivity contribution < 1.29 is 0 Å². The third-order valence-electron chi connectivity index (χ3n) is 2.97. The Morgan fingerprint density at radius 1 is 0.667 bits per heavy atom. The van der Waals surface area contributed by atoms with Crippen molar-refractivity contribution in [3.8, 4) is 0 Å². The van der Waals surface area contributed by atoms with Gasteiger partial charge in [0, 0.05) is 19.8 Å². The minimum atomic E-state index is -0.889. The normalized spacial score (nSPS) is 12.0. The summed E-state index contributed by atoms with van der Waals surface area (Å²) in [6.07, 6.45) is 7.81. The van der Waals surface area contributed by atoms with Gasteiger partial charge >= 0.3 is 0 Å². The van der Waals surface area contributed by atoms with Crippen LogP contribution in [-0.2, 0) is 0 Å². The minimum Gasteiger partial charge on any atom is -0.127 e. The van der Waals surface area contributed by atoms with E-state index in [9.17, 15) is 0 Å². The molecule has 0 aliphatic heterocycles. The van der Waals surface area contributed by atoms with Crippen LogP contribution in [0.4, 0.5) is 0 Å². The van der Waals surface area contributed by atoms with Crippen molar-refractivity contribution in [2.75, 3.05) is 11.8 Å². The highest BCUT2D eigenvalue weighted by atomic mass is 35.5. The van der Waals surface area contributed by atoms with E-state index in [1.54, 1.807) is 0 Å². The molecular weight excluding hydrogens is 243 g/mol. The number of alkyl halides is 2. The molecule has 0 aliphatic rings. The molecule has 0 aromatic heterocycles. The molecule has 0 bridgehead atoms. The Hall–Kier alpha value is 0.797. The first-order valence-electron chi connectivity index (χ1n) is 6.24. The molecule has 0 aliphatic carbocycles. The Labute approximate surface area is 107 Å². The van der Waals surface area contributed by atoms with Crippen molar-refractivity contribution in [1.29, 1.82) is 0 Å². The van der Waals surface area contributed by atoms with Crippen molar-refractivity contribution in [3.05, 3.63) is 0 Å². The highest BCUT2D eigenvalue weighted by Crippen LogP contribution is 2.22. The lowest BCUT2D eigenvalue weighted by molar-refractivity contribution is 0.743. The quantitative estimate of drug-likeness (QED) is 0.278. The summed E-state index contributed by atoms with van der Waals surface area (Å²) in [5, 5.41) is 0. The first-order valence-corrected chi connectivity index (χ1v) is 10.7. The van der Waals surface area contributed by atoms with Crippen LogP contribution in [0.3, 0.4) is 0 Å². The zero-order chi connectivity index (χ0) is 11.6. The SMILES string of the molecule is C[Si](C)(CCCCCCl)CCCCCCl. The zero-order valence-electron chi connectivity index (χ0n) is 10.3. The van der Waals surface area contributed by atoms with E-state index >= 15 is 0 Å². The second-order valence-electron chi connectivity index (χ2n) is 5.16. The second-order valence-corrected chi connectivity index (χ2v) is 11.2. The van der Waals surface area contributed by atoms with Crippen LogP contribution in [0.25, 0.3) is 0 Å². The summed E-state index contributed by atoms with van der Waals surface area (Å²) >= 11 is 11.3. The molecule has 0 radical (unpaired) electrons. The minimum absolute atomic E-state index is 0.831. The molecule has 15 heavy (non-hydrogen) atoms. The van der Waals surface area contributed by atoms with Gasteiger partial charge in [0.15, 0.2) is 0 Å². The Morgan fingerprint density at radius 2 is 1.07 bits per heavy atom. The average molecular weight is 269 g/mol. The van der Waals surface area contributed by atoms with Gasteiger partial charge in [-0.15, -0.1) is 23.2 Å². The van der Waals surface area contributed by atoms with Crippen LogP contribution >= 0.6 is 23.2 Å². The fraction of sp³-hybridized carbons (Fsp3) is 1.00. The molecule has 0 nitrogen and oxygen atoms in total. The molecule has 0 aromatic rings. The molecule has 0 saturated carbocycles. The lowest BCUT2D eigenvalue weighted by atomic mass is 10.3. The van der Waals surface area contributed by atoms with Crippen LogP contribution in [0.2, 0.25) is 25.2 Å². The summed E-state index contributed by atoms with van der Waals surface area (Å²) in [4.78, 5) is 0. The number of hydrogen-bond acceptors (Lipinski definition) is 0. The smallest absolute Gasteiger partial charge is 0.0473 e. The fourth-order valence-corrected chi connectivity index (χ4v) is 4.92. The van der Waals surface area contributed by atoms with E-state index in [0.29, 0.717) is 0 Å². The second kappa shape index (κ2) is 9.98. The van der Waals surface area contributed by atoms with E-state index in [1.807, 2.05) is 0 Å². The molecule has 0 aromatic carbocycles. The van der Waals surface area contributed by atoms with Crippen molar-refractivity contribution in [2.45, 2.75) is 63.7 Å². The van der Waals surface area contributed by atoms with Gasteiger partial charge < -0.3 is 0 Å². The van der Waals surface area contributed by atoms with Gasteiger partial charge in [-0.25, -0.2) is 0 Å². The number of rotatable bonds is 10. The first kappa shape index (κ1) is 15.8. The van der Waals surface area contributed by atoms with Gasteiger partial charge in [-0.3, -0.25) is 0 Å². The standard InChI is InChI=1S/C12H26Cl2Si/c1-15(2,11-7-3-5-9-13)12-8-4-6-10-14/h3-12H2,1-2H3. The molecule has 0 atom stereocenters. The number of unbranched alkanes of at least 4 members (excludes halogenated alkanes) is 4. The molecule has 0 N–H and O–H groups in total. The Bertz CT molecular complexity index is 124. The van der Waals surface area contributed by atoms with Gasteiger partial charge in [-0.1, -0.05) is 50.9 Å². The third-order valence-corrected chi connectivity index (χ3v) is 6.92. The van der Waals surface area contributed by atoms with Crippen LogP contribution in [0.5, 0.6) is 0 Å². The summed E-state index contributed by atoms with van der Waals surface area (Å²) in [5.74, 6) is 1.66. The monoisotopic (exact) mass is 268 g/mol. The van der Waals surface area contributed by atoms with E-state index in [-0.39, 0.29) is 0 Å². The maximum Gasteiger partial charge on any atom is 0.0473 e. The molecular formula is C12H26Cl2Si. The first-order chi connectivity index (χ1) is 7.12. The summed E-state index contributed by atoms with van der Waals surface area (Å²) in [5.41, 5.74) is 0. The summed E-state index contributed by atoms with van der Waals surface area (Å²) < 4.78 is 0. The van der Waals surface area contributed by atoms with Gasteiger partial charge in [0.05, 0.1) is 0 Å². The number of halogens is 2.